The highest BCUT2D eigenvalue weighted by Gasteiger charge is 2.18. The van der Waals surface area contributed by atoms with E-state index in [4.69, 9.17) is 5.26 Å². The van der Waals surface area contributed by atoms with Gasteiger partial charge in [-0.2, -0.15) is 5.26 Å². The molecule has 1 aliphatic heterocycles. The van der Waals surface area contributed by atoms with Gasteiger partial charge < -0.3 is 10.2 Å². The average molecular weight is 224 g/mol. The Morgan fingerprint density at radius 3 is 2.31 bits per heavy atom. The molecule has 1 heterocycles. The molecule has 1 saturated heterocycles. The largest absolute Gasteiger partial charge is 0.301 e. The zero-order chi connectivity index (χ0) is 11.8. The summed E-state index contributed by atoms with van der Waals surface area (Å²) in [7, 11) is 0. The Morgan fingerprint density at radius 2 is 1.81 bits per heavy atom. The maximum absolute atomic E-state index is 8.97. The highest BCUT2D eigenvalue weighted by molar-refractivity contribution is 4.92. The number of rotatable bonds is 6. The van der Waals surface area contributed by atoms with Crippen molar-refractivity contribution in [2.45, 2.75) is 26.3 Å². The number of nitriles is 1. The van der Waals surface area contributed by atoms with Crippen LogP contribution in [0.2, 0.25) is 0 Å². The fourth-order valence-electron chi connectivity index (χ4n) is 2.17. The number of likely N-dealkylation sites (N-methyl/N-ethyl adjacent to an activating group) is 1. The topological polar surface area (TPSA) is 42.3 Å². The third-order valence-electron chi connectivity index (χ3n) is 3.05. The van der Waals surface area contributed by atoms with Crippen LogP contribution in [0.4, 0.5) is 0 Å². The number of hydrogen-bond donors (Lipinski definition) is 1. The molecule has 1 N–H and O–H groups in total. The van der Waals surface area contributed by atoms with Crippen molar-refractivity contribution in [3.05, 3.63) is 0 Å². The smallest absolute Gasteiger partial charge is 0.108 e. The van der Waals surface area contributed by atoms with Gasteiger partial charge in [0.2, 0.25) is 0 Å². The van der Waals surface area contributed by atoms with Crippen LogP contribution in [0.25, 0.3) is 0 Å². The van der Waals surface area contributed by atoms with E-state index >= 15 is 0 Å². The molecule has 16 heavy (non-hydrogen) atoms. The summed E-state index contributed by atoms with van der Waals surface area (Å²) in [6, 6.07) is 2.31. The molecule has 92 valence electrons. The van der Waals surface area contributed by atoms with Crippen LogP contribution in [0.1, 0.15) is 20.3 Å². The van der Waals surface area contributed by atoms with Crippen molar-refractivity contribution in [2.75, 3.05) is 45.8 Å². The molecule has 1 fully saturated rings. The van der Waals surface area contributed by atoms with Gasteiger partial charge in [0.15, 0.2) is 0 Å². The SMILES string of the molecule is CCCN1CCN(CC(C#N)NCC)CC1. The predicted molar refractivity (Wildman–Crippen MR) is 66.2 cm³/mol. The summed E-state index contributed by atoms with van der Waals surface area (Å²) in [5, 5.41) is 12.2. The summed E-state index contributed by atoms with van der Waals surface area (Å²) in [5.41, 5.74) is 0. The number of hydrogen-bond acceptors (Lipinski definition) is 4. The molecule has 1 atom stereocenters. The molecule has 0 radical (unpaired) electrons. The van der Waals surface area contributed by atoms with E-state index in [0.29, 0.717) is 0 Å². The zero-order valence-electron chi connectivity index (χ0n) is 10.6. The van der Waals surface area contributed by atoms with Gasteiger partial charge in [0.1, 0.15) is 6.04 Å². The number of piperazine rings is 1. The molecular weight excluding hydrogens is 200 g/mol. The van der Waals surface area contributed by atoms with Crippen LogP contribution in [0, 0.1) is 11.3 Å². The molecular formula is C12H24N4. The first-order valence-electron chi connectivity index (χ1n) is 6.37. The van der Waals surface area contributed by atoms with Gasteiger partial charge in [0, 0.05) is 32.7 Å². The molecule has 0 spiro atoms. The lowest BCUT2D eigenvalue weighted by atomic mass is 10.2. The van der Waals surface area contributed by atoms with Crippen LogP contribution in [0.15, 0.2) is 0 Å². The summed E-state index contributed by atoms with van der Waals surface area (Å²) in [5.74, 6) is 0. The molecule has 0 saturated carbocycles. The van der Waals surface area contributed by atoms with Gasteiger partial charge in [0.25, 0.3) is 0 Å². The lowest BCUT2D eigenvalue weighted by Crippen LogP contribution is -2.50. The van der Waals surface area contributed by atoms with Crippen LogP contribution in [0.5, 0.6) is 0 Å². The van der Waals surface area contributed by atoms with E-state index in [0.717, 1.165) is 39.3 Å². The molecule has 1 aliphatic rings. The Balaban J connectivity index is 2.23. The second-order valence-corrected chi connectivity index (χ2v) is 4.38. The second kappa shape index (κ2) is 7.61. The summed E-state index contributed by atoms with van der Waals surface area (Å²) < 4.78 is 0. The van der Waals surface area contributed by atoms with Gasteiger partial charge in [0.05, 0.1) is 6.07 Å². The van der Waals surface area contributed by atoms with Gasteiger partial charge in [-0.15, -0.1) is 0 Å². The highest BCUT2D eigenvalue weighted by atomic mass is 15.3. The van der Waals surface area contributed by atoms with Crippen molar-refractivity contribution in [3.8, 4) is 6.07 Å². The monoisotopic (exact) mass is 224 g/mol. The maximum atomic E-state index is 8.97. The summed E-state index contributed by atoms with van der Waals surface area (Å²) in [6.45, 7) is 11.7. The van der Waals surface area contributed by atoms with E-state index in [1.807, 2.05) is 6.92 Å². The molecule has 0 aromatic carbocycles. The van der Waals surface area contributed by atoms with E-state index < -0.39 is 0 Å². The summed E-state index contributed by atoms with van der Waals surface area (Å²) in [6.07, 6.45) is 1.23. The minimum atomic E-state index is -0.0114. The van der Waals surface area contributed by atoms with Gasteiger partial charge >= 0.3 is 0 Å². The summed E-state index contributed by atoms with van der Waals surface area (Å²) in [4.78, 5) is 4.90. The fourth-order valence-corrected chi connectivity index (χ4v) is 2.17. The van der Waals surface area contributed by atoms with Gasteiger partial charge in [-0.3, -0.25) is 4.90 Å². The molecule has 4 heteroatoms. The molecule has 4 nitrogen and oxygen atoms in total. The lowest BCUT2D eigenvalue weighted by molar-refractivity contribution is 0.128. The maximum Gasteiger partial charge on any atom is 0.108 e. The van der Waals surface area contributed by atoms with Crippen molar-refractivity contribution in [1.29, 1.82) is 5.26 Å². The van der Waals surface area contributed by atoms with E-state index in [2.05, 4.69) is 28.1 Å². The quantitative estimate of drug-likeness (QED) is 0.714. The van der Waals surface area contributed by atoms with Crippen molar-refractivity contribution in [2.24, 2.45) is 0 Å². The Labute approximate surface area is 99.2 Å². The van der Waals surface area contributed by atoms with Crippen LogP contribution in [-0.2, 0) is 0 Å². The molecule has 1 rings (SSSR count). The zero-order valence-corrected chi connectivity index (χ0v) is 10.6. The predicted octanol–water partition coefficient (Wildman–Crippen LogP) is 0.516. The van der Waals surface area contributed by atoms with E-state index in [9.17, 15) is 0 Å². The van der Waals surface area contributed by atoms with Gasteiger partial charge in [-0.25, -0.2) is 0 Å². The lowest BCUT2D eigenvalue weighted by Gasteiger charge is -2.35. The second-order valence-electron chi connectivity index (χ2n) is 4.38. The Bertz CT molecular complexity index is 216. The Morgan fingerprint density at radius 1 is 1.19 bits per heavy atom. The number of nitrogens with zero attached hydrogens (tertiary/aromatic N) is 3. The van der Waals surface area contributed by atoms with Crippen molar-refractivity contribution < 1.29 is 0 Å². The Kier molecular flexibility index (Phi) is 6.39. The van der Waals surface area contributed by atoms with Gasteiger partial charge in [-0.05, 0) is 19.5 Å². The summed E-state index contributed by atoms with van der Waals surface area (Å²) >= 11 is 0. The van der Waals surface area contributed by atoms with Gasteiger partial charge in [-0.1, -0.05) is 13.8 Å². The standard InChI is InChI=1S/C12H24N4/c1-3-5-15-6-8-16(9-7-15)11-12(10-13)14-4-2/h12,14H,3-9,11H2,1-2H3. The fraction of sp³-hybridized carbons (Fsp3) is 0.917. The van der Waals surface area contributed by atoms with Crippen molar-refractivity contribution in [1.82, 2.24) is 15.1 Å². The van der Waals surface area contributed by atoms with Crippen molar-refractivity contribution in [3.63, 3.8) is 0 Å². The normalized spacial score (nSPS) is 20.6. The van der Waals surface area contributed by atoms with Crippen molar-refractivity contribution >= 4 is 0 Å². The first kappa shape index (κ1) is 13.4. The number of nitrogens with one attached hydrogen (secondary N) is 1. The first-order valence-corrected chi connectivity index (χ1v) is 6.37. The minimum Gasteiger partial charge on any atom is -0.301 e. The van der Waals surface area contributed by atoms with E-state index in [1.54, 1.807) is 0 Å². The average Bonchev–Trinajstić information content (AvgIpc) is 2.31. The molecule has 0 aromatic rings. The molecule has 1 unspecified atom stereocenters. The van der Waals surface area contributed by atoms with Crippen LogP contribution in [-0.4, -0.2) is 61.7 Å². The molecule has 0 aliphatic carbocycles. The third kappa shape index (κ3) is 4.48. The molecule has 0 bridgehead atoms. The molecule has 0 amide bonds. The minimum absolute atomic E-state index is 0.0114. The highest BCUT2D eigenvalue weighted by Crippen LogP contribution is 2.03. The van der Waals surface area contributed by atoms with E-state index in [1.165, 1.54) is 13.0 Å². The van der Waals surface area contributed by atoms with Crippen LogP contribution >= 0.6 is 0 Å². The Hall–Kier alpha value is -0.630. The molecule has 0 aromatic heterocycles. The van der Waals surface area contributed by atoms with Crippen LogP contribution < -0.4 is 5.32 Å². The van der Waals surface area contributed by atoms with Crippen LogP contribution in [0.3, 0.4) is 0 Å². The first-order chi connectivity index (χ1) is 7.80. The third-order valence-corrected chi connectivity index (χ3v) is 3.05. The van der Waals surface area contributed by atoms with E-state index in [-0.39, 0.29) is 6.04 Å².